The molecule has 0 spiro atoms. The van der Waals surface area contributed by atoms with Crippen molar-refractivity contribution >= 4 is 5.78 Å². The number of carbonyl (C=O) groups is 1. The minimum absolute atomic E-state index is 0.0977. The number of aryl methyl sites for hydroxylation is 1. The van der Waals surface area contributed by atoms with Crippen LogP contribution < -0.4 is 4.74 Å². The van der Waals surface area contributed by atoms with E-state index in [1.165, 1.54) is 5.56 Å². The van der Waals surface area contributed by atoms with Gasteiger partial charge in [0, 0.05) is 13.1 Å². The molecule has 0 fully saturated rings. The van der Waals surface area contributed by atoms with Crippen molar-refractivity contribution < 1.29 is 14.6 Å². The molecule has 0 bridgehead atoms. The molecule has 0 aliphatic carbocycles. The number of aromatic hydroxyl groups is 1. The number of phenolic OH excluding ortho intramolecular Hbond substituents is 1. The van der Waals surface area contributed by atoms with E-state index in [4.69, 9.17) is 4.74 Å². The Balaban J connectivity index is 1.93. The van der Waals surface area contributed by atoms with Crippen LogP contribution in [-0.4, -0.2) is 22.8 Å². The van der Waals surface area contributed by atoms with Crippen LogP contribution in [0.4, 0.5) is 0 Å². The van der Waals surface area contributed by atoms with Gasteiger partial charge in [0.15, 0.2) is 5.76 Å². The van der Waals surface area contributed by atoms with Gasteiger partial charge in [-0.25, -0.2) is 0 Å². The van der Waals surface area contributed by atoms with Crippen molar-refractivity contribution in [3.8, 4) is 11.5 Å². The summed E-state index contributed by atoms with van der Waals surface area (Å²) in [5.74, 6) is 0.938. The summed E-state index contributed by atoms with van der Waals surface area (Å²) >= 11 is 0. The molecule has 1 heterocycles. The lowest BCUT2D eigenvalue weighted by atomic mass is 9.99. The molecular weight excluding hydrogens is 314 g/mol. The first-order valence-corrected chi connectivity index (χ1v) is 8.36. The Morgan fingerprint density at radius 2 is 1.84 bits per heavy atom. The van der Waals surface area contributed by atoms with Gasteiger partial charge in [-0.15, -0.1) is 0 Å². The Morgan fingerprint density at radius 1 is 1.16 bits per heavy atom. The third-order valence-electron chi connectivity index (χ3n) is 4.37. The van der Waals surface area contributed by atoms with E-state index in [-0.39, 0.29) is 11.5 Å². The summed E-state index contributed by atoms with van der Waals surface area (Å²) in [6.45, 7) is 6.77. The summed E-state index contributed by atoms with van der Waals surface area (Å²) in [5.41, 5.74) is 3.99. The Morgan fingerprint density at radius 3 is 2.48 bits per heavy atom. The Labute approximate surface area is 148 Å². The van der Waals surface area contributed by atoms with Crippen LogP contribution in [0.1, 0.15) is 40.9 Å². The number of allylic oxidation sites excluding steroid dienone is 2. The van der Waals surface area contributed by atoms with E-state index < -0.39 is 0 Å². The number of fused-ring (bicyclic) bond motifs is 1. The molecule has 0 saturated carbocycles. The first kappa shape index (κ1) is 17.2. The predicted octanol–water partition coefficient (Wildman–Crippen LogP) is 4.20. The third kappa shape index (κ3) is 3.30. The largest absolute Gasteiger partial charge is 0.507 e. The zero-order valence-corrected chi connectivity index (χ0v) is 15.1. The van der Waals surface area contributed by atoms with Crippen LogP contribution >= 0.6 is 0 Å². The normalized spacial score (nSPS) is 13.2. The summed E-state index contributed by atoms with van der Waals surface area (Å²) in [6.07, 6.45) is 0. The molecule has 1 aliphatic rings. The van der Waals surface area contributed by atoms with Crippen LogP contribution in [0.3, 0.4) is 0 Å². The first-order valence-electron chi connectivity index (χ1n) is 8.36. The maximum atomic E-state index is 12.6. The summed E-state index contributed by atoms with van der Waals surface area (Å²) in [5, 5.41) is 10.4. The summed E-state index contributed by atoms with van der Waals surface area (Å²) in [4.78, 5) is 14.7. The van der Waals surface area contributed by atoms with Crippen LogP contribution in [0.15, 0.2) is 47.7 Å². The zero-order valence-electron chi connectivity index (χ0n) is 15.1. The molecule has 25 heavy (non-hydrogen) atoms. The molecule has 0 atom stereocenters. The number of rotatable bonds is 4. The van der Waals surface area contributed by atoms with Crippen LogP contribution in [0.5, 0.6) is 11.5 Å². The van der Waals surface area contributed by atoms with E-state index in [1.54, 1.807) is 6.07 Å². The Bertz CT molecular complexity index is 849. The fourth-order valence-electron chi connectivity index (χ4n) is 3.17. The maximum Gasteiger partial charge on any atom is 0.232 e. The zero-order chi connectivity index (χ0) is 18.1. The lowest BCUT2D eigenvalue weighted by Crippen LogP contribution is -2.17. The summed E-state index contributed by atoms with van der Waals surface area (Å²) in [6, 6.07) is 11.8. The number of ketones is 1. The minimum Gasteiger partial charge on any atom is -0.507 e. The molecule has 0 amide bonds. The van der Waals surface area contributed by atoms with E-state index in [9.17, 15) is 9.90 Å². The summed E-state index contributed by atoms with van der Waals surface area (Å²) < 4.78 is 5.87. The van der Waals surface area contributed by atoms with Gasteiger partial charge in [0.25, 0.3) is 0 Å². The van der Waals surface area contributed by atoms with Crippen molar-refractivity contribution in [3.05, 3.63) is 70.0 Å². The van der Waals surface area contributed by atoms with E-state index in [0.717, 1.165) is 17.7 Å². The van der Waals surface area contributed by atoms with Crippen LogP contribution in [0.25, 0.3) is 0 Å². The molecule has 3 rings (SSSR count). The van der Waals surface area contributed by atoms with E-state index in [0.29, 0.717) is 29.2 Å². The van der Waals surface area contributed by atoms with Gasteiger partial charge >= 0.3 is 0 Å². The smallest absolute Gasteiger partial charge is 0.232 e. The van der Waals surface area contributed by atoms with Crippen molar-refractivity contribution in [2.24, 2.45) is 0 Å². The van der Waals surface area contributed by atoms with E-state index in [1.807, 2.05) is 46.0 Å². The highest BCUT2D eigenvalue weighted by Gasteiger charge is 2.33. The maximum absolute atomic E-state index is 12.6. The van der Waals surface area contributed by atoms with Crippen molar-refractivity contribution in [1.82, 2.24) is 4.90 Å². The van der Waals surface area contributed by atoms with Crippen molar-refractivity contribution in [3.63, 3.8) is 0 Å². The topological polar surface area (TPSA) is 49.8 Å². The highest BCUT2D eigenvalue weighted by molar-refractivity contribution is 6.14. The number of benzene rings is 2. The van der Waals surface area contributed by atoms with Gasteiger partial charge in [0.05, 0.1) is 11.1 Å². The predicted molar refractivity (Wildman–Crippen MR) is 97.8 cm³/mol. The lowest BCUT2D eigenvalue weighted by molar-refractivity contribution is 0.101. The van der Waals surface area contributed by atoms with Gasteiger partial charge in [-0.05, 0) is 50.6 Å². The highest BCUT2D eigenvalue weighted by Crippen LogP contribution is 2.42. The standard InChI is InChI=1S/C21H23NO3/c1-13(2)20-19(24)18-14(3)10-17(23)16(21(18)25-20)12-22(4)11-15-8-6-5-7-9-15/h5-10,23H,11-12H2,1-4H3. The first-order chi connectivity index (χ1) is 11.9. The molecule has 130 valence electrons. The van der Waals surface area contributed by atoms with E-state index in [2.05, 4.69) is 17.0 Å². The number of hydrogen-bond acceptors (Lipinski definition) is 4. The number of ether oxygens (including phenoxy) is 1. The van der Waals surface area contributed by atoms with Gasteiger partial charge in [0.2, 0.25) is 5.78 Å². The number of hydrogen-bond donors (Lipinski definition) is 1. The Hall–Kier alpha value is -2.59. The number of nitrogens with zero attached hydrogens (tertiary/aromatic N) is 1. The lowest BCUT2D eigenvalue weighted by Gasteiger charge is -2.19. The van der Waals surface area contributed by atoms with Crippen molar-refractivity contribution in [2.45, 2.75) is 33.9 Å². The number of Topliss-reactive ketones (excluding diaryl/α,β-unsaturated/α-hetero) is 1. The van der Waals surface area contributed by atoms with E-state index >= 15 is 0 Å². The molecule has 2 aromatic carbocycles. The van der Waals surface area contributed by atoms with Gasteiger partial charge in [-0.2, -0.15) is 0 Å². The second-order valence-corrected chi connectivity index (χ2v) is 6.81. The molecule has 0 radical (unpaired) electrons. The van der Waals surface area contributed by atoms with Crippen molar-refractivity contribution in [1.29, 1.82) is 0 Å². The van der Waals surface area contributed by atoms with Crippen LogP contribution in [0, 0.1) is 6.92 Å². The molecule has 4 heteroatoms. The number of phenols is 1. The molecule has 0 saturated heterocycles. The monoisotopic (exact) mass is 337 g/mol. The number of carbonyl (C=O) groups excluding carboxylic acids is 1. The van der Waals surface area contributed by atoms with Gasteiger partial charge < -0.3 is 9.84 Å². The molecule has 1 N–H and O–H groups in total. The average molecular weight is 337 g/mol. The SMILES string of the molecule is CC(C)=C1Oc2c(CN(C)Cc3ccccc3)c(O)cc(C)c2C1=O. The highest BCUT2D eigenvalue weighted by atomic mass is 16.5. The molecular formula is C21H23NO3. The van der Waals surface area contributed by atoms with Gasteiger partial charge in [0.1, 0.15) is 11.5 Å². The summed E-state index contributed by atoms with van der Waals surface area (Å²) in [7, 11) is 1.98. The second kappa shape index (κ2) is 6.73. The molecule has 4 nitrogen and oxygen atoms in total. The third-order valence-corrected chi connectivity index (χ3v) is 4.37. The van der Waals surface area contributed by atoms with Gasteiger partial charge in [-0.1, -0.05) is 30.3 Å². The second-order valence-electron chi connectivity index (χ2n) is 6.81. The van der Waals surface area contributed by atoms with Gasteiger partial charge in [-0.3, -0.25) is 9.69 Å². The fraction of sp³-hybridized carbons (Fsp3) is 0.286. The molecule has 0 unspecified atom stereocenters. The average Bonchev–Trinajstić information content (AvgIpc) is 2.90. The Kier molecular flexibility index (Phi) is 4.64. The minimum atomic E-state index is -0.0977. The van der Waals surface area contributed by atoms with Crippen molar-refractivity contribution in [2.75, 3.05) is 7.05 Å². The quantitative estimate of drug-likeness (QED) is 0.850. The van der Waals surface area contributed by atoms with Crippen LogP contribution in [-0.2, 0) is 13.1 Å². The molecule has 1 aliphatic heterocycles. The molecule has 2 aromatic rings. The fourth-order valence-corrected chi connectivity index (χ4v) is 3.17. The van der Waals surface area contributed by atoms with Crippen LogP contribution in [0.2, 0.25) is 0 Å². The molecule has 0 aromatic heterocycles.